The van der Waals surface area contributed by atoms with Crippen LogP contribution in [0.1, 0.15) is 21.5 Å². The van der Waals surface area contributed by atoms with E-state index in [-0.39, 0.29) is 5.91 Å². The number of methoxy groups -OCH3 is 1. The van der Waals surface area contributed by atoms with Crippen molar-refractivity contribution in [2.24, 2.45) is 5.10 Å². The molecule has 0 aliphatic heterocycles. The van der Waals surface area contributed by atoms with Gasteiger partial charge in [0, 0.05) is 17.3 Å². The molecule has 0 saturated carbocycles. The van der Waals surface area contributed by atoms with E-state index in [2.05, 4.69) is 22.7 Å². The van der Waals surface area contributed by atoms with Gasteiger partial charge in [0.25, 0.3) is 5.91 Å². The lowest BCUT2D eigenvalue weighted by atomic mass is 10.1. The number of para-hydroxylation sites is 1. The van der Waals surface area contributed by atoms with Crippen LogP contribution < -0.4 is 14.9 Å². The molecule has 4 aromatic carbocycles. The number of amides is 1. The van der Waals surface area contributed by atoms with Gasteiger partial charge in [0.15, 0.2) is 0 Å². The highest BCUT2D eigenvalue weighted by molar-refractivity contribution is 5.94. The van der Waals surface area contributed by atoms with Gasteiger partial charge in [-0.25, -0.2) is 5.43 Å². The van der Waals surface area contributed by atoms with E-state index in [1.807, 2.05) is 72.8 Å². The minimum atomic E-state index is -0.279. The largest absolute Gasteiger partial charge is 0.496 e. The fourth-order valence-electron chi connectivity index (χ4n) is 3.33. The second kappa shape index (κ2) is 10.8. The van der Waals surface area contributed by atoms with Crippen LogP contribution in [0.2, 0.25) is 0 Å². The van der Waals surface area contributed by atoms with Crippen molar-refractivity contribution in [3.63, 3.8) is 0 Å². The zero-order chi connectivity index (χ0) is 22.9. The topological polar surface area (TPSA) is 59.9 Å². The van der Waals surface area contributed by atoms with Gasteiger partial charge in [-0.05, 0) is 58.8 Å². The second-order valence-electron chi connectivity index (χ2n) is 7.31. The maximum atomic E-state index is 12.3. The van der Waals surface area contributed by atoms with Crippen molar-refractivity contribution < 1.29 is 14.3 Å². The summed E-state index contributed by atoms with van der Waals surface area (Å²) in [4.78, 5) is 12.3. The molecule has 0 aliphatic rings. The van der Waals surface area contributed by atoms with Crippen molar-refractivity contribution in [3.05, 3.63) is 114 Å². The highest BCUT2D eigenvalue weighted by Gasteiger charge is 2.05. The van der Waals surface area contributed by atoms with Crippen LogP contribution in [0.4, 0.5) is 0 Å². The smallest absolute Gasteiger partial charge is 0.271 e. The molecule has 0 bridgehead atoms. The molecule has 4 aromatic rings. The molecule has 0 aliphatic carbocycles. The second-order valence-corrected chi connectivity index (χ2v) is 7.31. The fraction of sp³-hybridized carbons (Fsp3) is 0.0714. The van der Waals surface area contributed by atoms with Crippen molar-refractivity contribution in [1.29, 1.82) is 0 Å². The van der Waals surface area contributed by atoms with Crippen LogP contribution in [0, 0.1) is 0 Å². The summed E-state index contributed by atoms with van der Waals surface area (Å²) in [6.07, 6.45) is 5.13. The Morgan fingerprint density at radius 3 is 2.48 bits per heavy atom. The van der Waals surface area contributed by atoms with Gasteiger partial charge >= 0.3 is 0 Å². The number of hydrogen-bond acceptors (Lipinski definition) is 4. The Hall–Kier alpha value is -4.38. The summed E-state index contributed by atoms with van der Waals surface area (Å²) in [5, 5.41) is 6.28. The van der Waals surface area contributed by atoms with E-state index < -0.39 is 0 Å². The van der Waals surface area contributed by atoms with E-state index in [1.54, 1.807) is 25.3 Å². The number of carbonyl (C=O) groups excluding carboxylic acids is 1. The summed E-state index contributed by atoms with van der Waals surface area (Å²) in [5.41, 5.74) is 4.95. The van der Waals surface area contributed by atoms with Crippen molar-refractivity contribution in [2.75, 3.05) is 7.11 Å². The van der Waals surface area contributed by atoms with Crippen molar-refractivity contribution in [3.8, 4) is 11.5 Å². The number of nitrogens with zero attached hydrogens (tertiary/aromatic N) is 1. The summed E-state index contributed by atoms with van der Waals surface area (Å²) in [6, 6.07) is 29.1. The molecule has 0 radical (unpaired) electrons. The van der Waals surface area contributed by atoms with Gasteiger partial charge in [0.2, 0.25) is 0 Å². The van der Waals surface area contributed by atoms with Crippen LogP contribution in [0.25, 0.3) is 16.8 Å². The third-order valence-corrected chi connectivity index (χ3v) is 5.08. The molecule has 4 rings (SSSR count). The summed E-state index contributed by atoms with van der Waals surface area (Å²) >= 11 is 0. The number of allylic oxidation sites excluding steroid dienone is 1. The van der Waals surface area contributed by atoms with Crippen LogP contribution in [-0.4, -0.2) is 19.2 Å². The average Bonchev–Trinajstić information content (AvgIpc) is 2.87. The number of carbonyl (C=O) groups is 1. The molecule has 1 amide bonds. The van der Waals surface area contributed by atoms with E-state index in [1.165, 1.54) is 11.6 Å². The van der Waals surface area contributed by atoms with Crippen LogP contribution in [0.3, 0.4) is 0 Å². The minimum absolute atomic E-state index is 0.279. The number of ether oxygens (including phenoxy) is 2. The van der Waals surface area contributed by atoms with Gasteiger partial charge in [-0.1, -0.05) is 60.7 Å². The number of benzene rings is 4. The van der Waals surface area contributed by atoms with E-state index in [0.29, 0.717) is 12.2 Å². The highest BCUT2D eigenvalue weighted by atomic mass is 16.5. The van der Waals surface area contributed by atoms with Gasteiger partial charge in [-0.3, -0.25) is 4.79 Å². The lowest BCUT2D eigenvalue weighted by molar-refractivity contribution is 0.0955. The Kier molecular flexibility index (Phi) is 7.13. The van der Waals surface area contributed by atoms with Crippen molar-refractivity contribution in [1.82, 2.24) is 5.43 Å². The van der Waals surface area contributed by atoms with Gasteiger partial charge in [-0.15, -0.1) is 0 Å². The first-order valence-electron chi connectivity index (χ1n) is 10.6. The zero-order valence-corrected chi connectivity index (χ0v) is 18.3. The summed E-state index contributed by atoms with van der Waals surface area (Å²) in [5.74, 6) is 1.31. The molecule has 0 heterocycles. The van der Waals surface area contributed by atoms with Gasteiger partial charge < -0.3 is 9.47 Å². The monoisotopic (exact) mass is 436 g/mol. The number of hydrogen-bond donors (Lipinski definition) is 1. The predicted octanol–water partition coefficient (Wildman–Crippen LogP) is 5.86. The number of rotatable bonds is 8. The molecule has 164 valence electrons. The Morgan fingerprint density at radius 1 is 0.909 bits per heavy atom. The predicted molar refractivity (Wildman–Crippen MR) is 133 cm³/mol. The first-order chi connectivity index (χ1) is 16.2. The molecular weight excluding hydrogens is 412 g/mol. The van der Waals surface area contributed by atoms with E-state index in [4.69, 9.17) is 9.47 Å². The van der Waals surface area contributed by atoms with Crippen molar-refractivity contribution in [2.45, 2.75) is 6.61 Å². The fourth-order valence-corrected chi connectivity index (χ4v) is 3.33. The quantitative estimate of drug-likeness (QED) is 0.278. The molecule has 1 N–H and O–H groups in total. The number of fused-ring (bicyclic) bond motifs is 1. The lowest BCUT2D eigenvalue weighted by Gasteiger charge is -2.08. The van der Waals surface area contributed by atoms with Crippen LogP contribution in [0.5, 0.6) is 11.5 Å². The number of nitrogens with one attached hydrogen (secondary N) is 1. The molecular formula is C28H24N2O3. The first-order valence-corrected chi connectivity index (χ1v) is 10.6. The summed E-state index contributed by atoms with van der Waals surface area (Å²) < 4.78 is 11.2. The molecule has 0 aromatic heterocycles. The Bertz CT molecular complexity index is 1290. The molecule has 0 saturated heterocycles. The van der Waals surface area contributed by atoms with E-state index in [0.717, 1.165) is 28.0 Å². The molecule has 5 nitrogen and oxygen atoms in total. The Labute approximate surface area is 193 Å². The SMILES string of the molecule is COc1ccccc1/C=C/C=N/NC(=O)c1ccc(COc2ccc3ccccc3c2)cc1. The molecule has 33 heavy (non-hydrogen) atoms. The molecule has 5 heteroatoms. The Balaban J connectivity index is 1.28. The van der Waals surface area contributed by atoms with E-state index in [9.17, 15) is 4.79 Å². The van der Waals surface area contributed by atoms with Gasteiger partial charge in [0.1, 0.15) is 18.1 Å². The van der Waals surface area contributed by atoms with Crippen LogP contribution >= 0.6 is 0 Å². The lowest BCUT2D eigenvalue weighted by Crippen LogP contribution is -2.17. The van der Waals surface area contributed by atoms with Crippen LogP contribution in [-0.2, 0) is 6.61 Å². The first kappa shape index (κ1) is 21.8. The maximum absolute atomic E-state index is 12.3. The van der Waals surface area contributed by atoms with E-state index >= 15 is 0 Å². The molecule has 0 spiro atoms. The van der Waals surface area contributed by atoms with Crippen LogP contribution in [0.15, 0.2) is 102 Å². The van der Waals surface area contributed by atoms with Gasteiger partial charge in [0.05, 0.1) is 7.11 Å². The van der Waals surface area contributed by atoms with Crippen molar-refractivity contribution >= 4 is 29.0 Å². The standard InChI is InChI=1S/C28H24N2O3/c1-32-27-11-5-4-8-23(27)10-6-18-29-30-28(31)24-14-12-21(13-15-24)20-33-26-17-16-22-7-2-3-9-25(22)19-26/h2-19H,20H2,1H3,(H,30,31)/b10-6+,29-18+. The zero-order valence-electron chi connectivity index (χ0n) is 18.3. The minimum Gasteiger partial charge on any atom is -0.496 e. The third kappa shape index (κ3) is 5.86. The summed E-state index contributed by atoms with van der Waals surface area (Å²) in [6.45, 7) is 0.423. The average molecular weight is 437 g/mol. The Morgan fingerprint density at radius 2 is 1.67 bits per heavy atom. The molecule has 0 atom stereocenters. The highest BCUT2D eigenvalue weighted by Crippen LogP contribution is 2.21. The third-order valence-electron chi connectivity index (χ3n) is 5.08. The van der Waals surface area contributed by atoms with Gasteiger partial charge in [-0.2, -0.15) is 5.10 Å². The maximum Gasteiger partial charge on any atom is 0.271 e. The summed E-state index contributed by atoms with van der Waals surface area (Å²) in [7, 11) is 1.63. The molecule has 0 unspecified atom stereocenters. The molecule has 0 fully saturated rings. The normalized spacial score (nSPS) is 11.2. The number of hydrazone groups is 1.